The van der Waals surface area contributed by atoms with Crippen molar-refractivity contribution in [1.82, 2.24) is 29.9 Å². The summed E-state index contributed by atoms with van der Waals surface area (Å²) in [5, 5.41) is 23.0. The zero-order valence-electron chi connectivity index (χ0n) is 17.9. The first-order valence-electron chi connectivity index (χ1n) is 11.3. The maximum atomic E-state index is 10.8. The molecule has 2 fully saturated rings. The summed E-state index contributed by atoms with van der Waals surface area (Å²) in [4.78, 5) is 24.2. The number of hydrogen-bond donors (Lipinski definition) is 4. The van der Waals surface area contributed by atoms with Crippen LogP contribution < -0.4 is 16.0 Å². The van der Waals surface area contributed by atoms with E-state index in [0.29, 0.717) is 5.95 Å². The van der Waals surface area contributed by atoms with E-state index in [4.69, 9.17) is 10.2 Å². The number of carboxylic acid groups (broad SMARTS) is 1. The van der Waals surface area contributed by atoms with Gasteiger partial charge in [-0.05, 0) is 50.2 Å². The number of nitrogens with zero attached hydrogens (tertiary/aromatic N) is 5. The van der Waals surface area contributed by atoms with Gasteiger partial charge < -0.3 is 21.1 Å². The number of nitrogens with one attached hydrogen (secondary N) is 3. The Bertz CT molecular complexity index is 1070. The van der Waals surface area contributed by atoms with Crippen LogP contribution in [0.5, 0.6) is 0 Å². The van der Waals surface area contributed by atoms with E-state index < -0.39 is 6.09 Å². The van der Waals surface area contributed by atoms with Gasteiger partial charge in [-0.1, -0.05) is 12.8 Å². The fourth-order valence-corrected chi connectivity index (χ4v) is 4.26. The van der Waals surface area contributed by atoms with Gasteiger partial charge in [0.1, 0.15) is 5.82 Å². The molecule has 10 nitrogen and oxygen atoms in total. The Kier molecular flexibility index (Phi) is 5.74. The summed E-state index contributed by atoms with van der Waals surface area (Å²) in [5.41, 5.74) is 2.45. The molecule has 2 aliphatic carbocycles. The molecule has 0 radical (unpaired) electrons. The third kappa shape index (κ3) is 4.90. The van der Waals surface area contributed by atoms with Gasteiger partial charge in [0, 0.05) is 36.6 Å². The summed E-state index contributed by atoms with van der Waals surface area (Å²) in [6.07, 6.45) is 11.7. The number of carbonyl (C=O) groups is 1. The molecular formula is C22H28N8O2. The highest BCUT2D eigenvalue weighted by Gasteiger charge is 2.23. The smallest absolute Gasteiger partial charge is 0.404 e. The summed E-state index contributed by atoms with van der Waals surface area (Å²) in [7, 11) is 0. The predicted molar refractivity (Wildman–Crippen MR) is 121 cm³/mol. The molecular weight excluding hydrogens is 408 g/mol. The van der Waals surface area contributed by atoms with Gasteiger partial charge in [-0.2, -0.15) is 0 Å². The van der Waals surface area contributed by atoms with Gasteiger partial charge in [-0.3, -0.25) is 0 Å². The van der Waals surface area contributed by atoms with E-state index in [1.807, 2.05) is 12.1 Å². The van der Waals surface area contributed by atoms with Crippen molar-refractivity contribution in [1.29, 1.82) is 0 Å². The Morgan fingerprint density at radius 3 is 2.47 bits per heavy atom. The number of hydrogen-bond acceptors (Lipinski definition) is 7. The van der Waals surface area contributed by atoms with Crippen molar-refractivity contribution in [2.45, 2.75) is 57.0 Å². The topological polar surface area (TPSA) is 129 Å². The highest BCUT2D eigenvalue weighted by atomic mass is 16.4. The van der Waals surface area contributed by atoms with Crippen LogP contribution in [0.4, 0.5) is 16.6 Å². The van der Waals surface area contributed by atoms with Gasteiger partial charge in [-0.25, -0.2) is 24.3 Å². The molecule has 0 atom stereocenters. The molecule has 0 bridgehead atoms. The van der Waals surface area contributed by atoms with Crippen molar-refractivity contribution in [3.63, 3.8) is 0 Å². The molecule has 2 saturated carbocycles. The number of fused-ring (bicyclic) bond motifs is 1. The lowest BCUT2D eigenvalue weighted by Crippen LogP contribution is -2.39. The van der Waals surface area contributed by atoms with Crippen LogP contribution in [-0.4, -0.2) is 54.4 Å². The molecule has 168 valence electrons. The second-order valence-corrected chi connectivity index (χ2v) is 8.73. The van der Waals surface area contributed by atoms with E-state index in [9.17, 15) is 4.79 Å². The summed E-state index contributed by atoms with van der Waals surface area (Å²) in [6.45, 7) is 0.907. The summed E-state index contributed by atoms with van der Waals surface area (Å²) >= 11 is 0. The molecule has 32 heavy (non-hydrogen) atoms. The van der Waals surface area contributed by atoms with Crippen molar-refractivity contribution in [3.8, 4) is 11.3 Å². The second kappa shape index (κ2) is 8.97. The van der Waals surface area contributed by atoms with Crippen LogP contribution in [0, 0.1) is 5.92 Å². The molecule has 0 unspecified atom stereocenters. The minimum atomic E-state index is -0.952. The van der Waals surface area contributed by atoms with E-state index >= 15 is 0 Å². The van der Waals surface area contributed by atoms with Crippen LogP contribution in [0.1, 0.15) is 44.9 Å². The van der Waals surface area contributed by atoms with Gasteiger partial charge in [0.2, 0.25) is 5.95 Å². The third-order valence-electron chi connectivity index (χ3n) is 6.25. The number of amides is 1. The zero-order chi connectivity index (χ0) is 21.9. The Morgan fingerprint density at radius 2 is 1.75 bits per heavy atom. The van der Waals surface area contributed by atoms with E-state index in [1.165, 1.54) is 19.3 Å². The van der Waals surface area contributed by atoms with Crippen molar-refractivity contribution >= 4 is 23.5 Å². The summed E-state index contributed by atoms with van der Waals surface area (Å²) < 4.78 is 1.80. The average molecular weight is 437 g/mol. The van der Waals surface area contributed by atoms with Crippen LogP contribution in [0.2, 0.25) is 0 Å². The second-order valence-electron chi connectivity index (χ2n) is 8.73. The molecule has 0 saturated heterocycles. The Hall–Kier alpha value is -3.43. The molecule has 2 aliphatic rings. The first-order chi connectivity index (χ1) is 15.6. The Morgan fingerprint density at radius 1 is 1.00 bits per heavy atom. The first kappa shape index (κ1) is 20.5. The monoisotopic (exact) mass is 436 g/mol. The predicted octanol–water partition coefficient (Wildman–Crippen LogP) is 3.39. The summed E-state index contributed by atoms with van der Waals surface area (Å²) in [5.74, 6) is 2.29. The number of rotatable bonds is 8. The van der Waals surface area contributed by atoms with Gasteiger partial charge in [-0.15, -0.1) is 5.10 Å². The zero-order valence-corrected chi connectivity index (χ0v) is 17.9. The average Bonchev–Trinajstić information content (AvgIpc) is 3.52. The molecule has 4 N–H and O–H groups in total. The van der Waals surface area contributed by atoms with E-state index in [1.54, 1.807) is 23.1 Å². The Balaban J connectivity index is 1.24. The number of aromatic nitrogens is 5. The maximum absolute atomic E-state index is 10.8. The van der Waals surface area contributed by atoms with Gasteiger partial charge in [0.15, 0.2) is 5.65 Å². The van der Waals surface area contributed by atoms with E-state index in [2.05, 4.69) is 30.9 Å². The largest absolute Gasteiger partial charge is 0.465 e. The lowest BCUT2D eigenvalue weighted by atomic mass is 9.91. The highest BCUT2D eigenvalue weighted by molar-refractivity contribution is 5.65. The molecule has 3 aromatic rings. The molecule has 3 aromatic heterocycles. The fourth-order valence-electron chi connectivity index (χ4n) is 4.26. The van der Waals surface area contributed by atoms with Gasteiger partial charge in [0.25, 0.3) is 0 Å². The van der Waals surface area contributed by atoms with Crippen LogP contribution in [-0.2, 0) is 0 Å². The Labute approximate surface area is 185 Å². The normalized spacial score (nSPS) is 20.8. The van der Waals surface area contributed by atoms with Gasteiger partial charge >= 0.3 is 6.09 Å². The van der Waals surface area contributed by atoms with Crippen molar-refractivity contribution in [3.05, 3.63) is 30.7 Å². The number of anilines is 2. The highest BCUT2D eigenvalue weighted by Crippen LogP contribution is 2.32. The first-order valence-corrected chi connectivity index (χ1v) is 11.3. The fraction of sp³-hybridized carbons (Fsp3) is 0.500. The molecule has 0 aliphatic heterocycles. The van der Waals surface area contributed by atoms with Crippen LogP contribution in [0.3, 0.4) is 0 Å². The maximum Gasteiger partial charge on any atom is 0.404 e. The molecule has 5 rings (SSSR count). The van der Waals surface area contributed by atoms with Crippen LogP contribution in [0.25, 0.3) is 16.9 Å². The molecule has 3 heterocycles. The standard InChI is InChI=1S/C22H28N8O2/c31-22(32)28-17-5-3-16(4-6-17)27-19-7-8-20-24-13-18(30(20)29-19)15-11-25-21(26-12-15)23-10-9-14-1-2-14/h7-8,11-14,16-17,28H,1-6,9-10H2,(H,27,29)(H,31,32)(H,23,25,26). The van der Waals surface area contributed by atoms with Crippen molar-refractivity contribution in [2.24, 2.45) is 5.92 Å². The van der Waals surface area contributed by atoms with E-state index in [-0.39, 0.29) is 12.1 Å². The lowest BCUT2D eigenvalue weighted by molar-refractivity contribution is 0.185. The SMILES string of the molecule is O=C(O)NC1CCC(Nc2ccc3ncc(-c4cnc(NCCC5CC5)nc4)n3n2)CC1. The van der Waals surface area contributed by atoms with Crippen LogP contribution >= 0.6 is 0 Å². The molecule has 0 aromatic carbocycles. The minimum Gasteiger partial charge on any atom is -0.465 e. The molecule has 1 amide bonds. The molecule has 0 spiro atoms. The van der Waals surface area contributed by atoms with Gasteiger partial charge in [0.05, 0.1) is 11.9 Å². The quantitative estimate of drug-likeness (QED) is 0.423. The van der Waals surface area contributed by atoms with Crippen molar-refractivity contribution in [2.75, 3.05) is 17.2 Å². The lowest BCUT2D eigenvalue weighted by Gasteiger charge is -2.29. The number of imidazole rings is 1. The molecule has 10 heteroatoms. The van der Waals surface area contributed by atoms with Crippen molar-refractivity contribution < 1.29 is 9.90 Å². The van der Waals surface area contributed by atoms with E-state index in [0.717, 1.165) is 60.9 Å². The minimum absolute atomic E-state index is 0.0346. The van der Waals surface area contributed by atoms with Crippen LogP contribution in [0.15, 0.2) is 30.7 Å². The third-order valence-corrected chi connectivity index (χ3v) is 6.25. The summed E-state index contributed by atoms with van der Waals surface area (Å²) in [6, 6.07) is 4.16.